The molecule has 1 aromatic heterocycles. The maximum absolute atomic E-state index is 10.6. The van der Waals surface area contributed by atoms with Crippen LogP contribution >= 0.6 is 11.6 Å². The second kappa shape index (κ2) is 4.92. The minimum atomic E-state index is -0.616. The standard InChI is InChI=1S/C10H11ClN4O2/c1-5(12)9(6(2)13)7-3-4-8(15(16)17)10(11)14-7/h3-4,12H,13H2,1-2H3/b9-6+,12-5?. The Morgan fingerprint density at radius 3 is 2.47 bits per heavy atom. The van der Waals surface area contributed by atoms with Crippen LogP contribution in [0.2, 0.25) is 5.15 Å². The van der Waals surface area contributed by atoms with E-state index in [-0.39, 0.29) is 16.6 Å². The Kier molecular flexibility index (Phi) is 3.80. The molecule has 0 unspecified atom stereocenters. The minimum Gasteiger partial charge on any atom is -0.402 e. The van der Waals surface area contributed by atoms with Crippen molar-refractivity contribution in [3.05, 3.63) is 38.8 Å². The van der Waals surface area contributed by atoms with Gasteiger partial charge in [-0.3, -0.25) is 10.1 Å². The summed E-state index contributed by atoms with van der Waals surface area (Å²) in [5, 5.41) is 17.9. The first-order chi connectivity index (χ1) is 7.84. The zero-order valence-electron chi connectivity index (χ0n) is 9.32. The van der Waals surface area contributed by atoms with Crippen molar-refractivity contribution < 1.29 is 4.92 Å². The maximum atomic E-state index is 10.6. The van der Waals surface area contributed by atoms with E-state index in [1.807, 2.05) is 0 Å². The maximum Gasteiger partial charge on any atom is 0.306 e. The molecule has 0 amide bonds. The van der Waals surface area contributed by atoms with Crippen LogP contribution in [0.25, 0.3) is 5.57 Å². The van der Waals surface area contributed by atoms with Crippen LogP contribution in [0.15, 0.2) is 17.8 Å². The van der Waals surface area contributed by atoms with Crippen molar-refractivity contribution in [2.75, 3.05) is 0 Å². The summed E-state index contributed by atoms with van der Waals surface area (Å²) in [6.45, 7) is 3.19. The molecule has 0 saturated carbocycles. The molecule has 0 atom stereocenters. The predicted octanol–water partition coefficient (Wildman–Crippen LogP) is 2.37. The normalized spacial score (nSPS) is 11.9. The van der Waals surface area contributed by atoms with E-state index < -0.39 is 4.92 Å². The first-order valence-corrected chi connectivity index (χ1v) is 5.05. The third kappa shape index (κ3) is 2.79. The monoisotopic (exact) mass is 254 g/mol. The number of nitrogens with two attached hydrogens (primary N) is 1. The number of hydrogen-bond donors (Lipinski definition) is 2. The summed E-state index contributed by atoms with van der Waals surface area (Å²) in [7, 11) is 0. The number of hydrogen-bond acceptors (Lipinski definition) is 5. The molecule has 1 aromatic rings. The van der Waals surface area contributed by atoms with E-state index in [4.69, 9.17) is 22.7 Å². The minimum absolute atomic E-state index is 0.215. The second-order valence-corrected chi connectivity index (χ2v) is 3.80. The Morgan fingerprint density at radius 2 is 2.12 bits per heavy atom. The Hall–Kier alpha value is -1.95. The third-order valence-corrected chi connectivity index (χ3v) is 2.33. The Bertz CT molecular complexity index is 521. The number of halogens is 1. The van der Waals surface area contributed by atoms with Crippen molar-refractivity contribution in [2.24, 2.45) is 5.73 Å². The molecule has 0 aliphatic carbocycles. The third-order valence-electron chi connectivity index (χ3n) is 2.05. The van der Waals surface area contributed by atoms with E-state index in [1.54, 1.807) is 13.8 Å². The van der Waals surface area contributed by atoms with Crippen molar-refractivity contribution in [1.82, 2.24) is 4.98 Å². The average Bonchev–Trinajstić information content (AvgIpc) is 2.15. The van der Waals surface area contributed by atoms with E-state index in [1.165, 1.54) is 12.1 Å². The highest BCUT2D eigenvalue weighted by molar-refractivity contribution is 6.31. The Balaban J connectivity index is 3.36. The lowest BCUT2D eigenvalue weighted by atomic mass is 10.1. The number of nitrogens with one attached hydrogen (secondary N) is 1. The van der Waals surface area contributed by atoms with Gasteiger partial charge in [0.05, 0.1) is 10.6 Å². The number of pyridine rings is 1. The van der Waals surface area contributed by atoms with E-state index >= 15 is 0 Å². The molecule has 0 aliphatic rings. The van der Waals surface area contributed by atoms with Crippen LogP contribution in [0.4, 0.5) is 5.69 Å². The fraction of sp³-hybridized carbons (Fsp3) is 0.200. The smallest absolute Gasteiger partial charge is 0.306 e. The van der Waals surface area contributed by atoms with E-state index in [0.29, 0.717) is 17.0 Å². The summed E-state index contributed by atoms with van der Waals surface area (Å²) in [6.07, 6.45) is 0. The number of aromatic nitrogens is 1. The van der Waals surface area contributed by atoms with Gasteiger partial charge in [-0.1, -0.05) is 11.6 Å². The number of allylic oxidation sites excluding steroid dienone is 2. The fourth-order valence-electron chi connectivity index (χ4n) is 1.39. The van der Waals surface area contributed by atoms with Crippen LogP contribution in [0.5, 0.6) is 0 Å². The molecule has 0 aliphatic heterocycles. The summed E-state index contributed by atoms with van der Waals surface area (Å²) < 4.78 is 0. The summed E-state index contributed by atoms with van der Waals surface area (Å²) in [5.41, 5.74) is 6.79. The summed E-state index contributed by atoms with van der Waals surface area (Å²) in [5.74, 6) is 0. The molecule has 0 radical (unpaired) electrons. The van der Waals surface area contributed by atoms with Crippen LogP contribution in [0.3, 0.4) is 0 Å². The van der Waals surface area contributed by atoms with E-state index in [0.717, 1.165) is 0 Å². The highest BCUT2D eigenvalue weighted by Crippen LogP contribution is 2.25. The van der Waals surface area contributed by atoms with Crippen LogP contribution in [-0.2, 0) is 0 Å². The average molecular weight is 255 g/mol. The Labute approximate surface area is 103 Å². The van der Waals surface area contributed by atoms with Gasteiger partial charge < -0.3 is 11.1 Å². The molecular formula is C10H11ClN4O2. The molecule has 6 nitrogen and oxygen atoms in total. The predicted molar refractivity (Wildman–Crippen MR) is 66.1 cm³/mol. The Morgan fingerprint density at radius 1 is 1.53 bits per heavy atom. The lowest BCUT2D eigenvalue weighted by Crippen LogP contribution is -2.06. The van der Waals surface area contributed by atoms with Gasteiger partial charge >= 0.3 is 5.69 Å². The molecule has 0 bridgehead atoms. The molecule has 0 fully saturated rings. The first kappa shape index (κ1) is 13.1. The van der Waals surface area contributed by atoms with E-state index in [9.17, 15) is 10.1 Å². The lowest BCUT2D eigenvalue weighted by molar-refractivity contribution is -0.385. The SMILES string of the molecule is CC(=N)/C(=C(/C)N)c1ccc([N+](=O)[O-])c(Cl)n1. The summed E-state index contributed by atoms with van der Waals surface area (Å²) >= 11 is 5.69. The van der Waals surface area contributed by atoms with Crippen LogP contribution < -0.4 is 5.73 Å². The molecule has 7 heteroatoms. The molecule has 1 rings (SSSR count). The van der Waals surface area contributed by atoms with Crippen molar-refractivity contribution in [3.8, 4) is 0 Å². The van der Waals surface area contributed by atoms with Gasteiger partial charge in [0.15, 0.2) is 0 Å². The van der Waals surface area contributed by atoms with Gasteiger partial charge in [-0.15, -0.1) is 0 Å². The molecule has 90 valence electrons. The van der Waals surface area contributed by atoms with E-state index in [2.05, 4.69) is 4.98 Å². The zero-order valence-corrected chi connectivity index (χ0v) is 10.1. The molecular weight excluding hydrogens is 244 g/mol. The van der Waals surface area contributed by atoms with Gasteiger partial charge in [0.2, 0.25) is 5.15 Å². The van der Waals surface area contributed by atoms with Crippen molar-refractivity contribution in [2.45, 2.75) is 13.8 Å². The van der Waals surface area contributed by atoms with Gasteiger partial charge in [-0.25, -0.2) is 4.98 Å². The van der Waals surface area contributed by atoms with Gasteiger partial charge in [0, 0.05) is 23.0 Å². The first-order valence-electron chi connectivity index (χ1n) is 4.67. The molecule has 0 aromatic carbocycles. The van der Waals surface area contributed by atoms with Crippen molar-refractivity contribution in [3.63, 3.8) is 0 Å². The van der Waals surface area contributed by atoms with Crippen LogP contribution in [0, 0.1) is 15.5 Å². The van der Waals surface area contributed by atoms with Crippen LogP contribution in [-0.4, -0.2) is 15.6 Å². The lowest BCUT2D eigenvalue weighted by Gasteiger charge is -2.07. The van der Waals surface area contributed by atoms with Gasteiger partial charge in [0.25, 0.3) is 0 Å². The van der Waals surface area contributed by atoms with Gasteiger partial charge in [-0.05, 0) is 19.9 Å². The molecule has 0 saturated heterocycles. The van der Waals surface area contributed by atoms with Crippen molar-refractivity contribution in [1.29, 1.82) is 5.41 Å². The molecule has 1 heterocycles. The highest BCUT2D eigenvalue weighted by Gasteiger charge is 2.16. The number of nitro groups is 1. The number of rotatable bonds is 3. The quantitative estimate of drug-likeness (QED) is 0.374. The zero-order chi connectivity index (χ0) is 13.2. The second-order valence-electron chi connectivity index (χ2n) is 3.45. The molecule has 0 spiro atoms. The molecule has 3 N–H and O–H groups in total. The van der Waals surface area contributed by atoms with Gasteiger partial charge in [-0.2, -0.15) is 0 Å². The van der Waals surface area contributed by atoms with Crippen molar-refractivity contribution >= 4 is 28.6 Å². The largest absolute Gasteiger partial charge is 0.402 e. The molecule has 17 heavy (non-hydrogen) atoms. The highest BCUT2D eigenvalue weighted by atomic mass is 35.5. The summed E-state index contributed by atoms with van der Waals surface area (Å²) in [4.78, 5) is 13.8. The topological polar surface area (TPSA) is 106 Å². The van der Waals surface area contributed by atoms with Gasteiger partial charge in [0.1, 0.15) is 0 Å². The fourth-order valence-corrected chi connectivity index (χ4v) is 1.62. The summed E-state index contributed by atoms with van der Waals surface area (Å²) in [6, 6.07) is 2.67. The van der Waals surface area contributed by atoms with Crippen LogP contribution in [0.1, 0.15) is 19.5 Å². The number of nitrogens with zero attached hydrogens (tertiary/aromatic N) is 2.